The van der Waals surface area contributed by atoms with Crippen molar-refractivity contribution < 1.29 is 17.9 Å². The van der Waals surface area contributed by atoms with Crippen LogP contribution in [0.15, 0.2) is 53.4 Å². The summed E-state index contributed by atoms with van der Waals surface area (Å²) >= 11 is 5.90. The summed E-state index contributed by atoms with van der Waals surface area (Å²) in [6.07, 6.45) is 0.419. The van der Waals surface area contributed by atoms with Crippen molar-refractivity contribution in [3.63, 3.8) is 0 Å². The van der Waals surface area contributed by atoms with Crippen LogP contribution in [-0.2, 0) is 27.7 Å². The van der Waals surface area contributed by atoms with E-state index < -0.39 is 16.0 Å². The molecule has 2 heterocycles. The molecule has 1 aliphatic rings. The molecule has 0 fully saturated rings. The van der Waals surface area contributed by atoms with E-state index in [1.807, 2.05) is 31.2 Å². The van der Waals surface area contributed by atoms with E-state index in [1.165, 1.54) is 16.4 Å². The topological polar surface area (TPSA) is 81.5 Å². The van der Waals surface area contributed by atoms with Gasteiger partial charge in [0.05, 0.1) is 22.9 Å². The second-order valence-electron chi connectivity index (χ2n) is 7.28. The Morgan fingerprint density at radius 1 is 1.13 bits per heavy atom. The molecule has 1 aromatic heterocycles. The third kappa shape index (κ3) is 4.11. The van der Waals surface area contributed by atoms with E-state index in [0.29, 0.717) is 17.0 Å². The Bertz CT molecular complexity index is 1220. The molecule has 9 heteroatoms. The van der Waals surface area contributed by atoms with E-state index in [9.17, 15) is 13.2 Å². The number of carbonyl (C=O) groups excluding carboxylic acids is 1. The van der Waals surface area contributed by atoms with Gasteiger partial charge in [-0.15, -0.1) is 0 Å². The largest absolute Gasteiger partial charge is 0.461 e. The van der Waals surface area contributed by atoms with Crippen LogP contribution in [0.2, 0.25) is 5.02 Å². The molecule has 2 aromatic carbocycles. The van der Waals surface area contributed by atoms with Crippen LogP contribution in [-0.4, -0.2) is 41.6 Å². The lowest BCUT2D eigenvalue weighted by Crippen LogP contribution is -2.36. The van der Waals surface area contributed by atoms with Gasteiger partial charge >= 0.3 is 5.97 Å². The molecule has 0 saturated heterocycles. The average Bonchev–Trinajstić information content (AvgIpc) is 3.14. The van der Waals surface area contributed by atoms with Crippen LogP contribution in [0.3, 0.4) is 0 Å². The van der Waals surface area contributed by atoms with Crippen molar-refractivity contribution in [3.8, 4) is 5.69 Å². The first-order valence-corrected chi connectivity index (χ1v) is 11.7. The number of aryl methyl sites for hydroxylation is 1. The SMILES string of the molecule is CCOC(=O)c1nn(-c2ccc(C)cc2)c2c1CN(S(=O)(=O)c1ccc(Cl)cc1)CC2. The van der Waals surface area contributed by atoms with Crippen molar-refractivity contribution in [3.05, 3.63) is 76.1 Å². The number of hydrogen-bond donors (Lipinski definition) is 0. The fourth-order valence-corrected chi connectivity index (χ4v) is 5.15. The molecule has 0 amide bonds. The van der Waals surface area contributed by atoms with Gasteiger partial charge in [0.25, 0.3) is 0 Å². The first-order valence-electron chi connectivity index (χ1n) is 9.92. The molecule has 3 aromatic rings. The van der Waals surface area contributed by atoms with Gasteiger partial charge in [0.2, 0.25) is 10.0 Å². The van der Waals surface area contributed by atoms with Gasteiger partial charge in [-0.25, -0.2) is 17.9 Å². The van der Waals surface area contributed by atoms with Crippen molar-refractivity contribution in [2.45, 2.75) is 31.7 Å². The van der Waals surface area contributed by atoms with Crippen LogP contribution in [0.1, 0.15) is 34.2 Å². The number of esters is 1. The Kier molecular flexibility index (Phi) is 5.88. The van der Waals surface area contributed by atoms with Crippen LogP contribution in [0.25, 0.3) is 5.69 Å². The summed E-state index contributed by atoms with van der Waals surface area (Å²) in [6, 6.07) is 13.8. The summed E-state index contributed by atoms with van der Waals surface area (Å²) in [7, 11) is -3.75. The highest BCUT2D eigenvalue weighted by molar-refractivity contribution is 7.89. The Morgan fingerprint density at radius 2 is 1.81 bits per heavy atom. The van der Waals surface area contributed by atoms with Crippen molar-refractivity contribution in [1.29, 1.82) is 0 Å². The van der Waals surface area contributed by atoms with Gasteiger partial charge in [-0.3, -0.25) is 0 Å². The molecular formula is C22H22ClN3O4S. The predicted molar refractivity (Wildman–Crippen MR) is 117 cm³/mol. The maximum atomic E-state index is 13.2. The van der Waals surface area contributed by atoms with Crippen LogP contribution in [0, 0.1) is 6.92 Å². The van der Waals surface area contributed by atoms with E-state index in [4.69, 9.17) is 16.3 Å². The number of halogens is 1. The molecule has 0 aliphatic carbocycles. The molecule has 0 radical (unpaired) electrons. The standard InChI is InChI=1S/C22H22ClN3O4S/c1-3-30-22(27)21-19-14-25(31(28,29)18-10-6-16(23)7-11-18)13-12-20(19)26(24-21)17-8-4-15(2)5-9-17/h4-11H,3,12-14H2,1-2H3. The molecule has 0 bridgehead atoms. The van der Waals surface area contributed by atoms with Crippen molar-refractivity contribution in [2.75, 3.05) is 13.2 Å². The second kappa shape index (κ2) is 8.45. The first kappa shape index (κ1) is 21.5. The van der Waals surface area contributed by atoms with Crippen LogP contribution in [0.4, 0.5) is 0 Å². The monoisotopic (exact) mass is 459 g/mol. The van der Waals surface area contributed by atoms with Gasteiger partial charge < -0.3 is 4.74 Å². The number of carbonyl (C=O) groups is 1. The lowest BCUT2D eigenvalue weighted by Gasteiger charge is -2.27. The lowest BCUT2D eigenvalue weighted by atomic mass is 10.1. The van der Waals surface area contributed by atoms with Gasteiger partial charge in [-0.1, -0.05) is 29.3 Å². The van der Waals surface area contributed by atoms with Gasteiger partial charge in [-0.05, 0) is 50.2 Å². The fourth-order valence-electron chi connectivity index (χ4n) is 3.62. The Morgan fingerprint density at radius 3 is 2.45 bits per heavy atom. The third-order valence-electron chi connectivity index (χ3n) is 5.22. The summed E-state index contributed by atoms with van der Waals surface area (Å²) in [6.45, 7) is 4.24. The predicted octanol–water partition coefficient (Wildman–Crippen LogP) is 3.76. The molecule has 0 saturated carbocycles. The van der Waals surface area contributed by atoms with E-state index in [0.717, 1.165) is 16.9 Å². The van der Waals surface area contributed by atoms with E-state index in [-0.39, 0.29) is 30.3 Å². The number of aromatic nitrogens is 2. The van der Waals surface area contributed by atoms with Crippen LogP contribution in [0.5, 0.6) is 0 Å². The molecular weight excluding hydrogens is 438 g/mol. The summed E-state index contributed by atoms with van der Waals surface area (Å²) < 4.78 is 34.6. The number of hydrogen-bond acceptors (Lipinski definition) is 5. The van der Waals surface area contributed by atoms with E-state index in [2.05, 4.69) is 5.10 Å². The van der Waals surface area contributed by atoms with Crippen molar-refractivity contribution in [2.24, 2.45) is 0 Å². The Hall–Kier alpha value is -2.68. The second-order valence-corrected chi connectivity index (χ2v) is 9.66. The van der Waals surface area contributed by atoms with Crippen LogP contribution < -0.4 is 0 Å². The minimum atomic E-state index is -3.75. The number of benzene rings is 2. The van der Waals surface area contributed by atoms with Crippen molar-refractivity contribution >= 4 is 27.6 Å². The molecule has 7 nitrogen and oxygen atoms in total. The Balaban J connectivity index is 1.76. The minimum absolute atomic E-state index is 0.0420. The highest BCUT2D eigenvalue weighted by atomic mass is 35.5. The van der Waals surface area contributed by atoms with E-state index >= 15 is 0 Å². The highest BCUT2D eigenvalue weighted by Crippen LogP contribution is 2.30. The summed E-state index contributed by atoms with van der Waals surface area (Å²) in [5.74, 6) is -0.560. The number of ether oxygens (including phenoxy) is 1. The molecule has 31 heavy (non-hydrogen) atoms. The number of nitrogens with zero attached hydrogens (tertiary/aromatic N) is 3. The zero-order valence-corrected chi connectivity index (χ0v) is 18.8. The summed E-state index contributed by atoms with van der Waals surface area (Å²) in [4.78, 5) is 12.8. The summed E-state index contributed by atoms with van der Waals surface area (Å²) in [5.41, 5.74) is 3.45. The van der Waals surface area contributed by atoms with Gasteiger partial charge in [0, 0.05) is 30.1 Å². The van der Waals surface area contributed by atoms with E-state index in [1.54, 1.807) is 23.7 Å². The minimum Gasteiger partial charge on any atom is -0.461 e. The van der Waals surface area contributed by atoms with Crippen LogP contribution >= 0.6 is 11.6 Å². The normalized spacial score (nSPS) is 14.3. The fraction of sp³-hybridized carbons (Fsp3) is 0.273. The first-order chi connectivity index (χ1) is 14.8. The molecule has 162 valence electrons. The number of fused-ring (bicyclic) bond motifs is 1. The van der Waals surface area contributed by atoms with Gasteiger partial charge in [0.1, 0.15) is 0 Å². The molecule has 0 N–H and O–H groups in total. The maximum Gasteiger partial charge on any atom is 0.359 e. The molecule has 4 rings (SSSR count). The molecule has 1 aliphatic heterocycles. The number of sulfonamides is 1. The average molecular weight is 460 g/mol. The van der Waals surface area contributed by atoms with Gasteiger partial charge in [0.15, 0.2) is 5.69 Å². The highest BCUT2D eigenvalue weighted by Gasteiger charge is 2.34. The quantitative estimate of drug-likeness (QED) is 0.542. The zero-order chi connectivity index (χ0) is 22.2. The Labute approximate surface area is 186 Å². The molecule has 0 spiro atoms. The molecule has 0 unspecified atom stereocenters. The smallest absolute Gasteiger partial charge is 0.359 e. The zero-order valence-electron chi connectivity index (χ0n) is 17.2. The van der Waals surface area contributed by atoms with Crippen molar-refractivity contribution in [1.82, 2.24) is 14.1 Å². The lowest BCUT2D eigenvalue weighted by molar-refractivity contribution is 0.0517. The summed E-state index contributed by atoms with van der Waals surface area (Å²) in [5, 5.41) is 4.98. The maximum absolute atomic E-state index is 13.2. The molecule has 0 atom stereocenters. The third-order valence-corrected chi connectivity index (χ3v) is 7.33. The number of rotatable bonds is 5. The van der Waals surface area contributed by atoms with Gasteiger partial charge in [-0.2, -0.15) is 9.40 Å².